The highest BCUT2D eigenvalue weighted by atomic mass is 35.5. The molecule has 0 spiro atoms. The van der Waals surface area contributed by atoms with Crippen LogP contribution < -0.4 is 10.2 Å². The second-order valence-corrected chi connectivity index (χ2v) is 14.1. The van der Waals surface area contributed by atoms with Crippen LogP contribution in [-0.4, -0.2) is 65.3 Å². The molecule has 1 N–H and O–H groups in total. The first-order valence-corrected chi connectivity index (χ1v) is 16.5. The molecule has 3 unspecified atom stereocenters. The summed E-state index contributed by atoms with van der Waals surface area (Å²) in [6.45, 7) is 1.81. The van der Waals surface area contributed by atoms with Crippen molar-refractivity contribution in [1.82, 2.24) is 19.2 Å². The number of benzene rings is 2. The van der Waals surface area contributed by atoms with Crippen LogP contribution >= 0.6 is 23.2 Å². The maximum atomic E-state index is 14.4. The lowest BCUT2D eigenvalue weighted by atomic mass is 9.91. The van der Waals surface area contributed by atoms with E-state index in [-0.39, 0.29) is 52.9 Å². The summed E-state index contributed by atoms with van der Waals surface area (Å²) in [5.41, 5.74) is -0.0540. The maximum absolute atomic E-state index is 14.4. The number of aromatic nitrogens is 2. The number of halogens is 2. The molecule has 234 valence electrons. The number of ether oxygens (including phenoxy) is 1. The minimum atomic E-state index is -4.37. The normalized spacial score (nSPS) is 23.2. The van der Waals surface area contributed by atoms with E-state index in [1.165, 1.54) is 33.9 Å². The standard InChI is InChI=1S/C30H28Cl2N6O6S/c1-30(14-18-4-6-19(15-33)7-5-18)28(41)37(22-12-20(31)11-21(32)13-22)29-35-17-25(38(29)30)45(42,43)36-10-2-3-24(36)27(40)34-16-23-8-9-26(39)44-23/h4-7,11-13,17,23-24H,2-3,8-10,14,16H2,1H3,(H,34,40). The lowest BCUT2D eigenvalue weighted by molar-refractivity contribution is -0.142. The number of nitriles is 1. The molecule has 12 nitrogen and oxygen atoms in total. The number of amides is 2. The molecule has 0 aliphatic carbocycles. The van der Waals surface area contributed by atoms with Crippen LogP contribution in [0.4, 0.5) is 11.6 Å². The van der Waals surface area contributed by atoms with Gasteiger partial charge in [-0.05, 0) is 62.1 Å². The SMILES string of the molecule is CC1(Cc2ccc(C#N)cc2)C(=O)N(c2cc(Cl)cc(Cl)c2)c2ncc(S(=O)(=O)N3CCCC3C(=O)NCC3CCC(=O)O3)n21. The summed E-state index contributed by atoms with van der Waals surface area (Å²) >= 11 is 12.6. The Morgan fingerprint density at radius 2 is 1.87 bits per heavy atom. The topological polar surface area (TPSA) is 155 Å². The molecule has 0 bridgehead atoms. The second-order valence-electron chi connectivity index (χ2n) is 11.4. The highest BCUT2D eigenvalue weighted by molar-refractivity contribution is 7.89. The number of cyclic esters (lactones) is 1. The molecule has 0 saturated carbocycles. The maximum Gasteiger partial charge on any atom is 0.306 e. The molecule has 2 aromatic carbocycles. The number of imidazole rings is 1. The quantitative estimate of drug-likeness (QED) is 0.356. The molecule has 3 atom stereocenters. The predicted molar refractivity (Wildman–Crippen MR) is 163 cm³/mol. The molecule has 3 aromatic rings. The first-order chi connectivity index (χ1) is 21.4. The molecule has 1 aromatic heterocycles. The Balaban J connectivity index is 1.38. The average molecular weight is 672 g/mol. The number of carbonyl (C=O) groups excluding carboxylic acids is 3. The lowest BCUT2D eigenvalue weighted by Gasteiger charge is -2.29. The van der Waals surface area contributed by atoms with E-state index in [1.54, 1.807) is 31.2 Å². The van der Waals surface area contributed by atoms with Crippen LogP contribution in [0.25, 0.3) is 0 Å². The van der Waals surface area contributed by atoms with E-state index in [1.807, 2.05) is 0 Å². The molecule has 45 heavy (non-hydrogen) atoms. The summed E-state index contributed by atoms with van der Waals surface area (Å²) < 4.78 is 36.4. The largest absolute Gasteiger partial charge is 0.460 e. The van der Waals surface area contributed by atoms with Crippen molar-refractivity contribution in [2.24, 2.45) is 0 Å². The number of fused-ring (bicyclic) bond motifs is 1. The van der Waals surface area contributed by atoms with Gasteiger partial charge in [-0.25, -0.2) is 18.3 Å². The number of anilines is 2. The van der Waals surface area contributed by atoms with Crippen LogP contribution in [0.1, 0.15) is 43.7 Å². The Morgan fingerprint density at radius 3 is 2.51 bits per heavy atom. The highest BCUT2D eigenvalue weighted by Crippen LogP contribution is 2.45. The average Bonchev–Trinajstić information content (AvgIpc) is 3.78. The molecule has 3 aliphatic rings. The zero-order valence-corrected chi connectivity index (χ0v) is 26.4. The van der Waals surface area contributed by atoms with Gasteiger partial charge in [-0.3, -0.25) is 19.0 Å². The summed E-state index contributed by atoms with van der Waals surface area (Å²) in [4.78, 5) is 44.7. The molecule has 2 fully saturated rings. The van der Waals surface area contributed by atoms with Gasteiger partial charge in [-0.15, -0.1) is 0 Å². The third kappa shape index (κ3) is 5.56. The Bertz CT molecular complexity index is 1840. The molecule has 2 amide bonds. The highest BCUT2D eigenvalue weighted by Gasteiger charge is 2.53. The van der Waals surface area contributed by atoms with Gasteiger partial charge in [0.2, 0.25) is 11.9 Å². The van der Waals surface area contributed by atoms with Crippen molar-refractivity contribution in [3.63, 3.8) is 0 Å². The summed E-state index contributed by atoms with van der Waals surface area (Å²) in [5, 5.41) is 12.3. The van der Waals surface area contributed by atoms with Crippen LogP contribution in [0.15, 0.2) is 53.7 Å². The monoisotopic (exact) mass is 670 g/mol. The number of nitrogens with one attached hydrogen (secondary N) is 1. The number of carbonyl (C=O) groups is 3. The fraction of sp³-hybridized carbons (Fsp3) is 0.367. The number of hydrogen-bond donors (Lipinski definition) is 1. The van der Waals surface area contributed by atoms with Crippen LogP contribution in [0, 0.1) is 11.3 Å². The van der Waals surface area contributed by atoms with Gasteiger partial charge < -0.3 is 10.1 Å². The fourth-order valence-electron chi connectivity index (χ4n) is 6.18. The molecule has 3 aliphatic heterocycles. The van der Waals surface area contributed by atoms with E-state index in [9.17, 15) is 28.1 Å². The molecule has 15 heteroatoms. The summed E-state index contributed by atoms with van der Waals surface area (Å²) in [6.07, 6.45) is 2.31. The van der Waals surface area contributed by atoms with Crippen LogP contribution in [0.2, 0.25) is 10.0 Å². The van der Waals surface area contributed by atoms with Gasteiger partial charge in [0.15, 0.2) is 5.03 Å². The van der Waals surface area contributed by atoms with Gasteiger partial charge in [-0.1, -0.05) is 35.3 Å². The van der Waals surface area contributed by atoms with E-state index < -0.39 is 39.5 Å². The van der Waals surface area contributed by atoms with Crippen molar-refractivity contribution in [3.8, 4) is 6.07 Å². The van der Waals surface area contributed by atoms with Crippen LogP contribution in [-0.2, 0) is 41.1 Å². The van der Waals surface area contributed by atoms with Gasteiger partial charge in [0, 0.05) is 29.4 Å². The Hall–Kier alpha value is -3.96. The number of sulfonamides is 1. The van der Waals surface area contributed by atoms with Crippen molar-refractivity contribution < 1.29 is 27.5 Å². The summed E-state index contributed by atoms with van der Waals surface area (Å²) in [5.74, 6) is -1.24. The van der Waals surface area contributed by atoms with E-state index in [4.69, 9.17) is 27.9 Å². The van der Waals surface area contributed by atoms with Gasteiger partial charge in [0.1, 0.15) is 17.7 Å². The number of esters is 1. The fourth-order valence-corrected chi connectivity index (χ4v) is 8.54. The predicted octanol–water partition coefficient (Wildman–Crippen LogP) is 3.67. The number of nitrogens with zero attached hydrogens (tertiary/aromatic N) is 5. The van der Waals surface area contributed by atoms with Gasteiger partial charge in [0.05, 0.1) is 30.1 Å². The lowest BCUT2D eigenvalue weighted by Crippen LogP contribution is -2.48. The minimum Gasteiger partial charge on any atom is -0.460 e. The van der Waals surface area contributed by atoms with Crippen molar-refractivity contribution in [2.75, 3.05) is 18.0 Å². The van der Waals surface area contributed by atoms with Crippen molar-refractivity contribution in [1.29, 1.82) is 5.26 Å². The van der Waals surface area contributed by atoms with Gasteiger partial charge in [-0.2, -0.15) is 9.57 Å². The second kappa shape index (κ2) is 11.8. The first-order valence-electron chi connectivity index (χ1n) is 14.3. The smallest absolute Gasteiger partial charge is 0.306 e. The molecule has 0 radical (unpaired) electrons. The molecule has 4 heterocycles. The van der Waals surface area contributed by atoms with Gasteiger partial charge >= 0.3 is 5.97 Å². The Morgan fingerprint density at radius 1 is 1.16 bits per heavy atom. The molecular formula is C30H28Cl2N6O6S. The molecule has 2 saturated heterocycles. The van der Waals surface area contributed by atoms with E-state index >= 15 is 0 Å². The Kier molecular flexibility index (Phi) is 8.11. The van der Waals surface area contributed by atoms with Crippen molar-refractivity contribution >= 4 is 62.6 Å². The summed E-state index contributed by atoms with van der Waals surface area (Å²) in [6, 6.07) is 12.3. The summed E-state index contributed by atoms with van der Waals surface area (Å²) in [7, 11) is -4.37. The molecule has 6 rings (SSSR count). The first kappa shape index (κ1) is 31.0. The van der Waals surface area contributed by atoms with Gasteiger partial charge in [0.25, 0.3) is 15.9 Å². The van der Waals surface area contributed by atoms with E-state index in [0.29, 0.717) is 36.1 Å². The number of hydrogen-bond acceptors (Lipinski definition) is 8. The molecular weight excluding hydrogens is 643 g/mol. The van der Waals surface area contributed by atoms with Crippen LogP contribution in [0.5, 0.6) is 0 Å². The third-order valence-electron chi connectivity index (χ3n) is 8.36. The Labute approximate surface area is 269 Å². The minimum absolute atomic E-state index is 0.0521. The zero-order valence-electron chi connectivity index (χ0n) is 24.1. The number of rotatable bonds is 8. The third-order valence-corrected chi connectivity index (χ3v) is 10.7. The van der Waals surface area contributed by atoms with Crippen molar-refractivity contribution in [3.05, 3.63) is 69.8 Å². The zero-order chi connectivity index (χ0) is 32.1. The van der Waals surface area contributed by atoms with Crippen LogP contribution in [0.3, 0.4) is 0 Å². The van der Waals surface area contributed by atoms with E-state index in [0.717, 1.165) is 4.31 Å². The van der Waals surface area contributed by atoms with E-state index in [2.05, 4.69) is 16.4 Å². The van der Waals surface area contributed by atoms with Crippen molar-refractivity contribution in [2.45, 2.75) is 61.7 Å².